The monoisotopic (exact) mass is 337 g/mol. The average molecular weight is 337 g/mol. The topological polar surface area (TPSA) is 101 Å². The highest BCUT2D eigenvalue weighted by molar-refractivity contribution is 5.95. The van der Waals surface area contributed by atoms with Crippen LogP contribution in [0.5, 0.6) is 5.75 Å². The summed E-state index contributed by atoms with van der Waals surface area (Å²) in [6, 6.07) is 6.56. The Morgan fingerprint density at radius 2 is 1.75 bits per heavy atom. The number of hydrogen-bond donors (Lipinski definition) is 4. The molecular weight excluding hydrogens is 312 g/mol. The Labute approximate surface area is 141 Å². The summed E-state index contributed by atoms with van der Waals surface area (Å²) in [7, 11) is 1.53. The lowest BCUT2D eigenvalue weighted by Gasteiger charge is -2.17. The molecule has 0 radical (unpaired) electrons. The fraction of sp³-hybridized carbons (Fsp3) is 0.438. The normalized spacial score (nSPS) is 11.3. The zero-order chi connectivity index (χ0) is 17.9. The molecule has 0 aliphatic carbocycles. The number of quaternary nitrogens is 1. The van der Waals surface area contributed by atoms with E-state index in [0.717, 1.165) is 4.90 Å². The largest absolute Gasteiger partial charge is 0.495 e. The van der Waals surface area contributed by atoms with Gasteiger partial charge in [-0.15, -0.1) is 0 Å². The molecule has 0 spiro atoms. The second kappa shape index (κ2) is 10.2. The third kappa shape index (κ3) is 6.66. The van der Waals surface area contributed by atoms with E-state index in [0.29, 0.717) is 24.5 Å². The van der Waals surface area contributed by atoms with Gasteiger partial charge in [0, 0.05) is 6.54 Å². The maximum absolute atomic E-state index is 12.2. The molecule has 0 saturated carbocycles. The average Bonchev–Trinajstić information content (AvgIpc) is 2.54. The first-order valence-electron chi connectivity index (χ1n) is 7.84. The van der Waals surface area contributed by atoms with Gasteiger partial charge in [0.05, 0.1) is 19.3 Å². The highest BCUT2D eigenvalue weighted by Crippen LogP contribution is 2.22. The van der Waals surface area contributed by atoms with Crippen LogP contribution in [0, 0.1) is 0 Å². The number of imide groups is 1. The molecule has 1 atom stereocenters. The molecule has 1 aromatic carbocycles. The Hall–Kier alpha value is -2.61. The number of amides is 4. The Kier molecular flexibility index (Phi) is 8.28. The summed E-state index contributed by atoms with van der Waals surface area (Å²) in [6.45, 7) is 4.78. The van der Waals surface area contributed by atoms with Crippen molar-refractivity contribution in [2.75, 3.05) is 38.6 Å². The quantitative estimate of drug-likeness (QED) is 0.508. The smallest absolute Gasteiger partial charge is 0.321 e. The number of urea groups is 1. The van der Waals surface area contributed by atoms with Crippen molar-refractivity contribution >= 4 is 23.5 Å². The lowest BCUT2D eigenvalue weighted by Crippen LogP contribution is -3.14. The van der Waals surface area contributed by atoms with Crippen LogP contribution in [0.3, 0.4) is 0 Å². The van der Waals surface area contributed by atoms with Gasteiger partial charge in [-0.1, -0.05) is 12.1 Å². The van der Waals surface area contributed by atoms with Crippen molar-refractivity contribution in [1.82, 2.24) is 10.6 Å². The molecule has 8 heteroatoms. The molecule has 0 fully saturated rings. The van der Waals surface area contributed by atoms with Gasteiger partial charge in [0.1, 0.15) is 5.75 Å². The maximum Gasteiger partial charge on any atom is 0.321 e. The number of anilines is 1. The van der Waals surface area contributed by atoms with E-state index < -0.39 is 11.9 Å². The van der Waals surface area contributed by atoms with E-state index in [9.17, 15) is 14.4 Å². The van der Waals surface area contributed by atoms with Gasteiger partial charge in [0.25, 0.3) is 11.8 Å². The number of benzene rings is 1. The summed E-state index contributed by atoms with van der Waals surface area (Å²) in [5.74, 6) is -0.0945. The molecule has 8 nitrogen and oxygen atoms in total. The third-order valence-electron chi connectivity index (χ3n) is 3.29. The van der Waals surface area contributed by atoms with Crippen LogP contribution in [0.15, 0.2) is 24.3 Å². The molecule has 0 bridgehead atoms. The number of hydrogen-bond acceptors (Lipinski definition) is 4. The summed E-state index contributed by atoms with van der Waals surface area (Å²) in [6.07, 6.45) is 0. The minimum absolute atomic E-state index is 0.0347. The van der Waals surface area contributed by atoms with E-state index in [2.05, 4.69) is 16.0 Å². The number of para-hydroxylation sites is 2. The molecule has 0 aromatic heterocycles. The number of nitrogens with one attached hydrogen (secondary N) is 4. The molecular formula is C16H25N4O4+. The van der Waals surface area contributed by atoms with E-state index in [1.807, 2.05) is 13.0 Å². The molecule has 0 heterocycles. The van der Waals surface area contributed by atoms with Crippen molar-refractivity contribution in [2.24, 2.45) is 0 Å². The van der Waals surface area contributed by atoms with E-state index in [1.165, 1.54) is 7.11 Å². The van der Waals surface area contributed by atoms with E-state index in [1.54, 1.807) is 25.1 Å². The molecule has 4 amide bonds. The number of methoxy groups -OCH3 is 1. The minimum Gasteiger partial charge on any atom is -0.495 e. The first-order valence-corrected chi connectivity index (χ1v) is 7.84. The van der Waals surface area contributed by atoms with Crippen LogP contribution in [-0.2, 0) is 9.59 Å². The Morgan fingerprint density at radius 3 is 2.38 bits per heavy atom. The van der Waals surface area contributed by atoms with Gasteiger partial charge in [-0.25, -0.2) is 4.79 Å². The number of rotatable bonds is 8. The van der Waals surface area contributed by atoms with Crippen molar-refractivity contribution in [3.8, 4) is 5.75 Å². The lowest BCUT2D eigenvalue weighted by molar-refractivity contribution is -0.881. The van der Waals surface area contributed by atoms with E-state index >= 15 is 0 Å². The third-order valence-corrected chi connectivity index (χ3v) is 3.29. The van der Waals surface area contributed by atoms with Gasteiger partial charge < -0.3 is 20.3 Å². The second-order valence-corrected chi connectivity index (χ2v) is 5.11. The van der Waals surface area contributed by atoms with Gasteiger partial charge in [-0.3, -0.25) is 14.9 Å². The van der Waals surface area contributed by atoms with Crippen LogP contribution < -0.4 is 25.6 Å². The Bertz CT molecular complexity index is 577. The predicted molar refractivity (Wildman–Crippen MR) is 90.1 cm³/mol. The maximum atomic E-state index is 12.2. The van der Waals surface area contributed by atoms with Crippen molar-refractivity contribution in [3.63, 3.8) is 0 Å². The first-order chi connectivity index (χ1) is 11.5. The first kappa shape index (κ1) is 19.4. The summed E-state index contributed by atoms with van der Waals surface area (Å²) < 4.78 is 5.18. The van der Waals surface area contributed by atoms with Crippen LogP contribution in [0.4, 0.5) is 10.5 Å². The molecule has 0 saturated heterocycles. The van der Waals surface area contributed by atoms with Crippen molar-refractivity contribution < 1.29 is 24.0 Å². The standard InChI is InChI=1S/C16H24N4O4/c1-4-17-16(23)19-15(22)11-20(5-2)10-14(21)18-12-8-6-7-9-13(12)24-3/h6-9H,4-5,10-11H2,1-3H3,(H,18,21)(H2,17,19,22,23)/p+1. The van der Waals surface area contributed by atoms with Crippen LogP contribution in [0.25, 0.3) is 0 Å². The fourth-order valence-corrected chi connectivity index (χ4v) is 2.08. The fourth-order valence-electron chi connectivity index (χ4n) is 2.08. The Balaban J connectivity index is 2.53. The molecule has 1 aromatic rings. The van der Waals surface area contributed by atoms with Gasteiger partial charge in [0.2, 0.25) is 0 Å². The van der Waals surface area contributed by atoms with Gasteiger partial charge >= 0.3 is 6.03 Å². The zero-order valence-electron chi connectivity index (χ0n) is 14.3. The van der Waals surface area contributed by atoms with Crippen LogP contribution >= 0.6 is 0 Å². The number of likely N-dealkylation sites (N-methyl/N-ethyl adjacent to an activating group) is 1. The Morgan fingerprint density at radius 1 is 1.08 bits per heavy atom. The van der Waals surface area contributed by atoms with E-state index in [-0.39, 0.29) is 19.0 Å². The SMILES string of the molecule is CCNC(=O)NC(=O)C[NH+](CC)CC(=O)Nc1ccccc1OC. The van der Waals surface area contributed by atoms with Gasteiger partial charge in [-0.2, -0.15) is 0 Å². The highest BCUT2D eigenvalue weighted by Gasteiger charge is 2.18. The van der Waals surface area contributed by atoms with Crippen LogP contribution in [-0.4, -0.2) is 51.1 Å². The van der Waals surface area contributed by atoms with Crippen molar-refractivity contribution in [3.05, 3.63) is 24.3 Å². The molecule has 132 valence electrons. The molecule has 1 rings (SSSR count). The van der Waals surface area contributed by atoms with E-state index in [4.69, 9.17) is 4.74 Å². The molecule has 1 unspecified atom stereocenters. The zero-order valence-corrected chi connectivity index (χ0v) is 14.3. The molecule has 24 heavy (non-hydrogen) atoms. The number of carbonyl (C=O) groups excluding carboxylic acids is 3. The second-order valence-electron chi connectivity index (χ2n) is 5.11. The molecule has 4 N–H and O–H groups in total. The van der Waals surface area contributed by atoms with Crippen molar-refractivity contribution in [1.29, 1.82) is 0 Å². The number of carbonyl (C=O) groups is 3. The van der Waals surface area contributed by atoms with Crippen LogP contribution in [0.1, 0.15) is 13.8 Å². The van der Waals surface area contributed by atoms with Gasteiger partial charge in [0.15, 0.2) is 13.1 Å². The molecule has 0 aliphatic rings. The summed E-state index contributed by atoms with van der Waals surface area (Å²) >= 11 is 0. The molecule has 0 aliphatic heterocycles. The summed E-state index contributed by atoms with van der Waals surface area (Å²) in [5, 5.41) is 7.47. The summed E-state index contributed by atoms with van der Waals surface area (Å²) in [4.78, 5) is 36.0. The van der Waals surface area contributed by atoms with Crippen LogP contribution in [0.2, 0.25) is 0 Å². The number of ether oxygens (including phenoxy) is 1. The van der Waals surface area contributed by atoms with Crippen molar-refractivity contribution in [2.45, 2.75) is 13.8 Å². The summed E-state index contributed by atoms with van der Waals surface area (Å²) in [5.41, 5.74) is 0.576. The lowest BCUT2D eigenvalue weighted by atomic mass is 10.3. The predicted octanol–water partition coefficient (Wildman–Crippen LogP) is -0.616. The van der Waals surface area contributed by atoms with Gasteiger partial charge in [-0.05, 0) is 26.0 Å². The highest BCUT2D eigenvalue weighted by atomic mass is 16.5. The minimum atomic E-state index is -0.531.